The number of hydrogen-bond donors (Lipinski definition) is 3. The van der Waals surface area contributed by atoms with E-state index in [-0.39, 0.29) is 12.2 Å². The molecule has 0 unspecified atom stereocenters. The molecule has 0 bridgehead atoms. The molecule has 1 aliphatic carbocycles. The highest BCUT2D eigenvalue weighted by molar-refractivity contribution is 5.30. The second-order valence-electron chi connectivity index (χ2n) is 3.63. The first kappa shape index (κ1) is 10.4. The van der Waals surface area contributed by atoms with E-state index in [9.17, 15) is 10.2 Å². The van der Waals surface area contributed by atoms with Crippen molar-refractivity contribution in [3.8, 4) is 0 Å². The van der Waals surface area contributed by atoms with Crippen LogP contribution in [0, 0.1) is 0 Å². The van der Waals surface area contributed by atoms with Crippen LogP contribution in [0.1, 0.15) is 19.8 Å². The fourth-order valence-corrected chi connectivity index (χ4v) is 1.59. The number of allylic oxidation sites excluding steroid dienone is 1. The molecule has 0 spiro atoms. The number of rotatable bonds is 2. The van der Waals surface area contributed by atoms with Crippen molar-refractivity contribution in [3.05, 3.63) is 23.8 Å². The third kappa shape index (κ3) is 1.82. The lowest BCUT2D eigenvalue weighted by atomic mass is 9.80. The summed E-state index contributed by atoms with van der Waals surface area (Å²) in [5.41, 5.74) is -0.168. The van der Waals surface area contributed by atoms with Gasteiger partial charge in [-0.15, -0.1) is 0 Å². The van der Waals surface area contributed by atoms with E-state index in [0.717, 1.165) is 12.0 Å². The maximum Gasteiger partial charge on any atom is 0.132 e. The Morgan fingerprint density at radius 2 is 2.38 bits per heavy atom. The third-order valence-corrected chi connectivity index (χ3v) is 2.54. The van der Waals surface area contributed by atoms with Gasteiger partial charge in [-0.2, -0.15) is 0 Å². The summed E-state index contributed by atoms with van der Waals surface area (Å²) < 4.78 is 0. The van der Waals surface area contributed by atoms with Gasteiger partial charge in [0.25, 0.3) is 0 Å². The van der Waals surface area contributed by atoms with Crippen molar-refractivity contribution in [2.45, 2.75) is 31.5 Å². The van der Waals surface area contributed by atoms with Crippen LogP contribution in [0.15, 0.2) is 23.8 Å². The monoisotopic (exact) mass is 184 g/mol. The Morgan fingerprint density at radius 1 is 1.77 bits per heavy atom. The third-order valence-electron chi connectivity index (χ3n) is 2.54. The Morgan fingerprint density at radius 3 is 2.92 bits per heavy atom. The van der Waals surface area contributed by atoms with Gasteiger partial charge in [0.05, 0.1) is 12.7 Å². The minimum Gasteiger partial charge on any atom is -0.392 e. The fourth-order valence-electron chi connectivity index (χ4n) is 1.59. The van der Waals surface area contributed by atoms with Gasteiger partial charge in [-0.25, -0.2) is 0 Å². The standard InChI is InChI=1S/C10H16O3/c1-7-3-4-9(12)10(13,5-7)8(2)6-11/h5,9,11-13H,2-4,6H2,1H3/t9-,10+/m1/s1. The molecule has 0 radical (unpaired) electrons. The van der Waals surface area contributed by atoms with Crippen molar-refractivity contribution in [1.82, 2.24) is 0 Å². The van der Waals surface area contributed by atoms with Crippen molar-refractivity contribution in [2.24, 2.45) is 0 Å². The predicted molar refractivity (Wildman–Crippen MR) is 50.2 cm³/mol. The lowest BCUT2D eigenvalue weighted by Gasteiger charge is -2.35. The molecule has 0 heterocycles. The fraction of sp³-hybridized carbons (Fsp3) is 0.600. The van der Waals surface area contributed by atoms with E-state index in [2.05, 4.69) is 6.58 Å². The van der Waals surface area contributed by atoms with E-state index >= 15 is 0 Å². The Kier molecular flexibility index (Phi) is 2.91. The van der Waals surface area contributed by atoms with Gasteiger partial charge >= 0.3 is 0 Å². The summed E-state index contributed by atoms with van der Waals surface area (Å²) in [6.45, 7) is 5.13. The zero-order valence-corrected chi connectivity index (χ0v) is 7.82. The number of aliphatic hydroxyl groups is 3. The molecule has 2 atom stereocenters. The molecule has 0 aromatic carbocycles. The average Bonchev–Trinajstić information content (AvgIpc) is 2.10. The summed E-state index contributed by atoms with van der Waals surface area (Å²) in [5.74, 6) is 0. The lowest BCUT2D eigenvalue weighted by Crippen LogP contribution is -2.45. The minimum absolute atomic E-state index is 0.249. The average molecular weight is 184 g/mol. The zero-order chi connectivity index (χ0) is 10.1. The Hall–Kier alpha value is -0.640. The normalized spacial score (nSPS) is 34.2. The molecule has 74 valence electrons. The molecule has 0 aliphatic heterocycles. The molecule has 0 amide bonds. The molecule has 3 heteroatoms. The number of aliphatic hydroxyl groups excluding tert-OH is 2. The molecule has 0 fully saturated rings. The van der Waals surface area contributed by atoms with E-state index in [4.69, 9.17) is 5.11 Å². The van der Waals surface area contributed by atoms with Crippen LogP contribution in [0.4, 0.5) is 0 Å². The smallest absolute Gasteiger partial charge is 0.132 e. The van der Waals surface area contributed by atoms with Gasteiger partial charge in [0, 0.05) is 0 Å². The van der Waals surface area contributed by atoms with Crippen LogP contribution in [0.5, 0.6) is 0 Å². The Labute approximate surface area is 78.0 Å². The second kappa shape index (κ2) is 3.62. The highest BCUT2D eigenvalue weighted by Crippen LogP contribution is 2.31. The molecule has 0 aromatic heterocycles. The van der Waals surface area contributed by atoms with Crippen LogP contribution in [-0.2, 0) is 0 Å². The zero-order valence-electron chi connectivity index (χ0n) is 7.82. The molecular formula is C10H16O3. The van der Waals surface area contributed by atoms with Crippen LogP contribution < -0.4 is 0 Å². The van der Waals surface area contributed by atoms with Gasteiger partial charge in [0.15, 0.2) is 0 Å². The van der Waals surface area contributed by atoms with Gasteiger partial charge in [0.1, 0.15) is 5.60 Å². The highest BCUT2D eigenvalue weighted by atomic mass is 16.3. The van der Waals surface area contributed by atoms with Gasteiger partial charge in [-0.05, 0) is 31.4 Å². The van der Waals surface area contributed by atoms with E-state index in [1.807, 2.05) is 6.92 Å². The van der Waals surface area contributed by atoms with Crippen LogP contribution in [-0.4, -0.2) is 33.6 Å². The van der Waals surface area contributed by atoms with Gasteiger partial charge in [-0.1, -0.05) is 12.2 Å². The molecule has 1 rings (SSSR count). The summed E-state index contributed by atoms with van der Waals surface area (Å²) in [7, 11) is 0. The van der Waals surface area contributed by atoms with Gasteiger partial charge < -0.3 is 15.3 Å². The SMILES string of the molecule is C=C(CO)[C@@]1(O)C=C(C)CC[C@H]1O. The summed E-state index contributed by atoms with van der Waals surface area (Å²) in [4.78, 5) is 0. The minimum atomic E-state index is -1.43. The molecule has 13 heavy (non-hydrogen) atoms. The van der Waals surface area contributed by atoms with Crippen LogP contribution in [0.3, 0.4) is 0 Å². The Balaban J connectivity index is 2.97. The maximum absolute atomic E-state index is 9.99. The topological polar surface area (TPSA) is 60.7 Å². The molecule has 0 aromatic rings. The largest absolute Gasteiger partial charge is 0.392 e. The summed E-state index contributed by atoms with van der Waals surface area (Å²) in [5, 5.41) is 28.4. The van der Waals surface area contributed by atoms with Crippen LogP contribution in [0.2, 0.25) is 0 Å². The van der Waals surface area contributed by atoms with Crippen molar-refractivity contribution in [1.29, 1.82) is 0 Å². The maximum atomic E-state index is 9.99. The molecule has 0 saturated heterocycles. The van der Waals surface area contributed by atoms with E-state index in [1.165, 1.54) is 0 Å². The Bertz CT molecular complexity index is 245. The summed E-state index contributed by atoms with van der Waals surface area (Å²) >= 11 is 0. The highest BCUT2D eigenvalue weighted by Gasteiger charge is 2.38. The summed E-state index contributed by atoms with van der Waals surface area (Å²) in [6, 6.07) is 0. The van der Waals surface area contributed by atoms with E-state index in [0.29, 0.717) is 6.42 Å². The quantitative estimate of drug-likeness (QED) is 0.543. The van der Waals surface area contributed by atoms with Crippen molar-refractivity contribution < 1.29 is 15.3 Å². The van der Waals surface area contributed by atoms with Crippen LogP contribution in [0.25, 0.3) is 0 Å². The lowest BCUT2D eigenvalue weighted by molar-refractivity contribution is -0.0284. The van der Waals surface area contributed by atoms with Gasteiger partial charge in [0.2, 0.25) is 0 Å². The van der Waals surface area contributed by atoms with E-state index in [1.54, 1.807) is 6.08 Å². The van der Waals surface area contributed by atoms with Crippen molar-refractivity contribution in [2.75, 3.05) is 6.61 Å². The molecule has 1 aliphatic rings. The number of hydrogen-bond acceptors (Lipinski definition) is 3. The first-order valence-electron chi connectivity index (χ1n) is 4.38. The predicted octanol–water partition coefficient (Wildman–Crippen LogP) is 0.367. The molecule has 0 saturated carbocycles. The first-order chi connectivity index (χ1) is 6.00. The molecular weight excluding hydrogens is 168 g/mol. The first-order valence-corrected chi connectivity index (χ1v) is 4.38. The van der Waals surface area contributed by atoms with E-state index < -0.39 is 11.7 Å². The van der Waals surface area contributed by atoms with Crippen molar-refractivity contribution >= 4 is 0 Å². The second-order valence-corrected chi connectivity index (χ2v) is 3.63. The van der Waals surface area contributed by atoms with Crippen LogP contribution >= 0.6 is 0 Å². The molecule has 3 nitrogen and oxygen atoms in total. The van der Waals surface area contributed by atoms with Crippen molar-refractivity contribution in [3.63, 3.8) is 0 Å². The summed E-state index contributed by atoms with van der Waals surface area (Å²) in [6.07, 6.45) is 2.02. The molecule has 3 N–H and O–H groups in total. The van der Waals surface area contributed by atoms with Gasteiger partial charge in [-0.3, -0.25) is 0 Å².